The van der Waals surface area contributed by atoms with E-state index in [1.807, 2.05) is 12.1 Å². The summed E-state index contributed by atoms with van der Waals surface area (Å²) in [6.07, 6.45) is 3.00. The first-order chi connectivity index (χ1) is 11.2. The van der Waals surface area contributed by atoms with Crippen LogP contribution in [0, 0.1) is 0 Å². The number of β-amino-alcohol motifs (C(OH)–C–C–N with tert-alkyl or cyclic N) is 1. The average Bonchev–Trinajstić information content (AvgIpc) is 2.57. The van der Waals surface area contributed by atoms with Gasteiger partial charge in [0.05, 0.1) is 19.3 Å². The van der Waals surface area contributed by atoms with Crippen LogP contribution in [0.15, 0.2) is 30.3 Å². The summed E-state index contributed by atoms with van der Waals surface area (Å²) < 4.78 is 5.34. The molecule has 0 saturated carbocycles. The quantitative estimate of drug-likeness (QED) is 0.893. The molecule has 1 aromatic carbocycles. The van der Waals surface area contributed by atoms with Gasteiger partial charge in [0.1, 0.15) is 0 Å². The lowest BCUT2D eigenvalue weighted by Crippen LogP contribution is -2.45. The van der Waals surface area contributed by atoms with E-state index < -0.39 is 0 Å². The minimum absolute atomic E-state index is 0.293. The smallest absolute Gasteiger partial charge is 0.0793 e. The van der Waals surface area contributed by atoms with Gasteiger partial charge < -0.3 is 9.84 Å². The molecule has 1 fully saturated rings. The molecule has 0 spiro atoms. The maximum Gasteiger partial charge on any atom is 0.0793 e. The number of halogens is 1. The van der Waals surface area contributed by atoms with Gasteiger partial charge in [-0.15, -0.1) is 0 Å². The van der Waals surface area contributed by atoms with Crippen molar-refractivity contribution in [2.75, 3.05) is 52.5 Å². The molecule has 3 rings (SSSR count). The van der Waals surface area contributed by atoms with E-state index in [2.05, 4.69) is 28.0 Å². The van der Waals surface area contributed by atoms with E-state index in [1.54, 1.807) is 0 Å². The average molecular weight is 337 g/mol. The van der Waals surface area contributed by atoms with E-state index in [0.29, 0.717) is 0 Å². The summed E-state index contributed by atoms with van der Waals surface area (Å²) in [6, 6.07) is 8.04. The second-order valence-electron chi connectivity index (χ2n) is 6.31. The highest BCUT2D eigenvalue weighted by molar-refractivity contribution is 6.30. The standard InChI is InChI=1S/C18H25ClN2O2/c19-17-3-1-15(2-4-17)16-5-7-20(8-6-16)13-18(22)14-21-9-11-23-12-10-21/h1-5,18,22H,6-14H2/t18-/m0/s1. The SMILES string of the molecule is O[C@@H](CN1CC=C(c2ccc(Cl)cc2)CC1)CN1CCOCC1. The number of aliphatic hydroxyl groups excluding tert-OH is 1. The molecule has 1 N–H and O–H groups in total. The van der Waals surface area contributed by atoms with Gasteiger partial charge in [-0.2, -0.15) is 0 Å². The molecule has 0 aromatic heterocycles. The molecule has 1 aromatic rings. The zero-order valence-corrected chi connectivity index (χ0v) is 14.2. The van der Waals surface area contributed by atoms with Crippen LogP contribution in [0.4, 0.5) is 0 Å². The lowest BCUT2D eigenvalue weighted by atomic mass is 9.99. The number of hydrogen-bond donors (Lipinski definition) is 1. The molecule has 0 bridgehead atoms. The number of ether oxygens (including phenoxy) is 1. The second-order valence-corrected chi connectivity index (χ2v) is 6.75. The number of nitrogens with zero attached hydrogens (tertiary/aromatic N) is 2. The van der Waals surface area contributed by atoms with Gasteiger partial charge in [0.2, 0.25) is 0 Å². The zero-order chi connectivity index (χ0) is 16.1. The summed E-state index contributed by atoms with van der Waals surface area (Å²) in [5.74, 6) is 0. The van der Waals surface area contributed by atoms with E-state index in [1.165, 1.54) is 11.1 Å². The molecule has 126 valence electrons. The summed E-state index contributed by atoms with van der Waals surface area (Å²) in [5, 5.41) is 11.1. The predicted molar refractivity (Wildman–Crippen MR) is 93.8 cm³/mol. The van der Waals surface area contributed by atoms with Gasteiger partial charge in [-0.05, 0) is 29.7 Å². The molecule has 0 amide bonds. The van der Waals surface area contributed by atoms with Crippen LogP contribution in [-0.2, 0) is 4.74 Å². The number of rotatable bonds is 5. The third kappa shape index (κ3) is 5.03. The summed E-state index contributed by atoms with van der Waals surface area (Å²) in [4.78, 5) is 4.61. The molecule has 0 unspecified atom stereocenters. The number of morpholine rings is 1. The molecule has 2 heterocycles. The van der Waals surface area contributed by atoms with Crippen LogP contribution in [0.5, 0.6) is 0 Å². The minimum atomic E-state index is -0.293. The van der Waals surface area contributed by atoms with Crippen molar-refractivity contribution in [2.45, 2.75) is 12.5 Å². The Morgan fingerprint density at radius 2 is 1.74 bits per heavy atom. The van der Waals surface area contributed by atoms with Crippen LogP contribution in [0.1, 0.15) is 12.0 Å². The van der Waals surface area contributed by atoms with Crippen LogP contribution < -0.4 is 0 Å². The molecule has 23 heavy (non-hydrogen) atoms. The molecule has 0 radical (unpaired) electrons. The third-order valence-corrected chi connectivity index (χ3v) is 4.80. The first-order valence-electron chi connectivity index (χ1n) is 8.36. The van der Waals surface area contributed by atoms with E-state index in [0.717, 1.165) is 63.9 Å². The third-order valence-electron chi connectivity index (χ3n) is 4.55. The lowest BCUT2D eigenvalue weighted by Gasteiger charge is -2.32. The maximum atomic E-state index is 10.3. The lowest BCUT2D eigenvalue weighted by molar-refractivity contribution is 0.00768. The second kappa shape index (κ2) is 8.27. The summed E-state index contributed by atoms with van der Waals surface area (Å²) in [5.41, 5.74) is 2.63. The Morgan fingerprint density at radius 1 is 1.04 bits per heavy atom. The Bertz CT molecular complexity index is 526. The Labute approximate surface area is 143 Å². The molecule has 2 aliphatic rings. The van der Waals surface area contributed by atoms with Gasteiger partial charge in [-0.1, -0.05) is 29.8 Å². The maximum absolute atomic E-state index is 10.3. The molecule has 4 nitrogen and oxygen atoms in total. The summed E-state index contributed by atoms with van der Waals surface area (Å²) in [7, 11) is 0. The summed E-state index contributed by atoms with van der Waals surface area (Å²) >= 11 is 5.94. The van der Waals surface area contributed by atoms with Crippen LogP contribution in [0.3, 0.4) is 0 Å². The minimum Gasteiger partial charge on any atom is -0.390 e. The van der Waals surface area contributed by atoms with Gasteiger partial charge in [0, 0.05) is 44.3 Å². The van der Waals surface area contributed by atoms with Crippen molar-refractivity contribution in [3.63, 3.8) is 0 Å². The van der Waals surface area contributed by atoms with E-state index in [4.69, 9.17) is 16.3 Å². The fraction of sp³-hybridized carbons (Fsp3) is 0.556. The van der Waals surface area contributed by atoms with Gasteiger partial charge in [0.25, 0.3) is 0 Å². The molecule has 1 saturated heterocycles. The van der Waals surface area contributed by atoms with E-state index in [-0.39, 0.29) is 6.10 Å². The van der Waals surface area contributed by atoms with Crippen LogP contribution in [0.25, 0.3) is 5.57 Å². The topological polar surface area (TPSA) is 35.9 Å². The van der Waals surface area contributed by atoms with Gasteiger partial charge in [-0.3, -0.25) is 9.80 Å². The van der Waals surface area contributed by atoms with Crippen molar-refractivity contribution in [1.29, 1.82) is 0 Å². The Balaban J connectivity index is 1.47. The molecular formula is C18H25ClN2O2. The van der Waals surface area contributed by atoms with Crippen molar-refractivity contribution < 1.29 is 9.84 Å². The van der Waals surface area contributed by atoms with Crippen LogP contribution in [-0.4, -0.2) is 73.5 Å². The highest BCUT2D eigenvalue weighted by atomic mass is 35.5. The van der Waals surface area contributed by atoms with Crippen molar-refractivity contribution in [1.82, 2.24) is 9.80 Å². The molecule has 1 atom stereocenters. The van der Waals surface area contributed by atoms with Crippen molar-refractivity contribution in [3.05, 3.63) is 40.9 Å². The largest absolute Gasteiger partial charge is 0.390 e. The van der Waals surface area contributed by atoms with Gasteiger partial charge >= 0.3 is 0 Å². The number of hydrogen-bond acceptors (Lipinski definition) is 4. The van der Waals surface area contributed by atoms with Crippen LogP contribution >= 0.6 is 11.6 Å². The Hall–Kier alpha value is -0.910. The van der Waals surface area contributed by atoms with Crippen molar-refractivity contribution in [2.24, 2.45) is 0 Å². The highest BCUT2D eigenvalue weighted by Gasteiger charge is 2.19. The molecule has 2 aliphatic heterocycles. The fourth-order valence-corrected chi connectivity index (χ4v) is 3.37. The predicted octanol–water partition coefficient (Wildman–Crippen LogP) is 2.12. The number of aliphatic hydroxyl groups is 1. The highest BCUT2D eigenvalue weighted by Crippen LogP contribution is 2.23. The molecular weight excluding hydrogens is 312 g/mol. The van der Waals surface area contributed by atoms with Crippen molar-refractivity contribution >= 4 is 17.2 Å². The molecule has 5 heteroatoms. The normalized spacial score (nSPS) is 21.9. The monoisotopic (exact) mass is 336 g/mol. The zero-order valence-electron chi connectivity index (χ0n) is 13.5. The first kappa shape index (κ1) is 16.9. The van der Waals surface area contributed by atoms with Crippen LogP contribution in [0.2, 0.25) is 5.02 Å². The molecule has 0 aliphatic carbocycles. The van der Waals surface area contributed by atoms with Gasteiger partial charge in [-0.25, -0.2) is 0 Å². The summed E-state index contributed by atoms with van der Waals surface area (Å²) in [6.45, 7) is 6.80. The number of benzene rings is 1. The van der Waals surface area contributed by atoms with E-state index >= 15 is 0 Å². The Morgan fingerprint density at radius 3 is 2.39 bits per heavy atom. The Kier molecular flexibility index (Phi) is 6.08. The van der Waals surface area contributed by atoms with E-state index in [9.17, 15) is 5.11 Å². The first-order valence-corrected chi connectivity index (χ1v) is 8.74. The van der Waals surface area contributed by atoms with Gasteiger partial charge in [0.15, 0.2) is 0 Å². The fourth-order valence-electron chi connectivity index (χ4n) is 3.24. The van der Waals surface area contributed by atoms with Crippen molar-refractivity contribution in [3.8, 4) is 0 Å².